The molecular formula is C15H15BrN2O2S. The molecule has 1 aliphatic rings. The molecule has 0 unspecified atom stereocenters. The number of pyridine rings is 1. The number of carbonyl (C=O) groups excluding carboxylic acids is 1. The van der Waals surface area contributed by atoms with E-state index in [9.17, 15) is 9.59 Å². The first-order chi connectivity index (χ1) is 9.95. The highest BCUT2D eigenvalue weighted by Gasteiger charge is 2.28. The van der Waals surface area contributed by atoms with Crippen molar-refractivity contribution in [1.82, 2.24) is 4.57 Å². The molecule has 0 radical (unpaired) electrons. The van der Waals surface area contributed by atoms with Gasteiger partial charge in [-0.25, -0.2) is 0 Å². The molecule has 3 rings (SSSR count). The van der Waals surface area contributed by atoms with Crippen LogP contribution < -0.4 is 10.9 Å². The molecule has 4 nitrogen and oxygen atoms in total. The van der Waals surface area contributed by atoms with Crippen molar-refractivity contribution in [3.63, 3.8) is 0 Å². The van der Waals surface area contributed by atoms with Gasteiger partial charge in [0, 0.05) is 28.2 Å². The summed E-state index contributed by atoms with van der Waals surface area (Å²) >= 11 is 5.07. The predicted molar refractivity (Wildman–Crippen MR) is 88.4 cm³/mol. The van der Waals surface area contributed by atoms with Gasteiger partial charge in [-0.3, -0.25) is 9.59 Å². The molecule has 21 heavy (non-hydrogen) atoms. The fraction of sp³-hybridized carbons (Fsp3) is 0.333. The highest BCUT2D eigenvalue weighted by Crippen LogP contribution is 2.47. The number of carbonyl (C=O) groups is 1. The van der Waals surface area contributed by atoms with Crippen LogP contribution in [0.25, 0.3) is 0 Å². The van der Waals surface area contributed by atoms with E-state index in [4.69, 9.17) is 0 Å². The standard InChI is InChI=1S/C15H15BrN2O2S/c1-8-5-10(7-18(2)15(8)20)17-14(19)12-6-11(16)13(21-12)9-3-4-9/h5-7,9H,3-4H2,1-2H3,(H,17,19). The molecule has 0 bridgehead atoms. The number of anilines is 1. The van der Waals surface area contributed by atoms with Crippen LogP contribution in [-0.4, -0.2) is 10.5 Å². The molecule has 0 saturated heterocycles. The lowest BCUT2D eigenvalue weighted by atomic mass is 10.2. The Hall–Kier alpha value is -1.40. The van der Waals surface area contributed by atoms with E-state index in [1.54, 1.807) is 37.6 Å². The molecule has 110 valence electrons. The van der Waals surface area contributed by atoms with Crippen LogP contribution in [-0.2, 0) is 7.05 Å². The third-order valence-electron chi connectivity index (χ3n) is 3.51. The first kappa shape index (κ1) is 14.5. The van der Waals surface area contributed by atoms with Gasteiger partial charge in [0.15, 0.2) is 0 Å². The summed E-state index contributed by atoms with van der Waals surface area (Å²) in [7, 11) is 1.68. The molecule has 2 aromatic heterocycles. The number of amides is 1. The maximum Gasteiger partial charge on any atom is 0.265 e. The molecule has 2 aromatic rings. The van der Waals surface area contributed by atoms with Crippen LogP contribution in [0.3, 0.4) is 0 Å². The molecule has 1 N–H and O–H groups in total. The second-order valence-corrected chi connectivity index (χ2v) is 7.32. The molecule has 1 amide bonds. The number of nitrogens with one attached hydrogen (secondary N) is 1. The van der Waals surface area contributed by atoms with Crippen LogP contribution in [0.15, 0.2) is 27.6 Å². The van der Waals surface area contributed by atoms with Crippen molar-refractivity contribution >= 4 is 38.9 Å². The lowest BCUT2D eigenvalue weighted by Crippen LogP contribution is -2.20. The molecule has 0 aliphatic heterocycles. The largest absolute Gasteiger partial charge is 0.320 e. The second kappa shape index (κ2) is 5.42. The third-order valence-corrected chi connectivity index (χ3v) is 5.72. The number of hydrogen-bond acceptors (Lipinski definition) is 3. The van der Waals surface area contributed by atoms with Gasteiger partial charge in [-0.05, 0) is 53.7 Å². The quantitative estimate of drug-likeness (QED) is 0.901. The van der Waals surface area contributed by atoms with Crippen molar-refractivity contribution in [3.8, 4) is 0 Å². The number of hydrogen-bond donors (Lipinski definition) is 1. The Bertz CT molecular complexity index is 748. The van der Waals surface area contributed by atoms with Gasteiger partial charge in [-0.15, -0.1) is 11.3 Å². The van der Waals surface area contributed by atoms with E-state index < -0.39 is 0 Å². The Morgan fingerprint density at radius 3 is 2.76 bits per heavy atom. The predicted octanol–water partition coefficient (Wildman–Crippen LogP) is 3.65. The van der Waals surface area contributed by atoms with E-state index in [0.29, 0.717) is 22.0 Å². The first-order valence-electron chi connectivity index (χ1n) is 6.73. The molecule has 0 aromatic carbocycles. The van der Waals surface area contributed by atoms with Crippen LogP contribution in [0.4, 0.5) is 5.69 Å². The van der Waals surface area contributed by atoms with Gasteiger partial charge in [-0.1, -0.05) is 0 Å². The van der Waals surface area contributed by atoms with Crippen molar-refractivity contribution in [2.24, 2.45) is 7.05 Å². The third kappa shape index (κ3) is 2.96. The average molecular weight is 367 g/mol. The number of rotatable bonds is 3. The Balaban J connectivity index is 1.83. The summed E-state index contributed by atoms with van der Waals surface area (Å²) in [6.45, 7) is 1.74. The molecule has 0 spiro atoms. The van der Waals surface area contributed by atoms with E-state index in [1.165, 1.54) is 22.3 Å². The maximum absolute atomic E-state index is 12.3. The fourth-order valence-corrected chi connectivity index (χ4v) is 4.32. The van der Waals surface area contributed by atoms with Crippen LogP contribution >= 0.6 is 27.3 Å². The summed E-state index contributed by atoms with van der Waals surface area (Å²) in [6, 6.07) is 3.58. The van der Waals surface area contributed by atoms with Crippen molar-refractivity contribution in [1.29, 1.82) is 0 Å². The molecule has 0 atom stereocenters. The first-order valence-corrected chi connectivity index (χ1v) is 8.34. The number of nitrogens with zero attached hydrogens (tertiary/aromatic N) is 1. The number of aryl methyl sites for hydroxylation is 2. The molecule has 6 heteroatoms. The highest BCUT2D eigenvalue weighted by atomic mass is 79.9. The minimum absolute atomic E-state index is 0.0529. The Kier molecular flexibility index (Phi) is 3.75. The summed E-state index contributed by atoms with van der Waals surface area (Å²) in [5, 5.41) is 2.86. The van der Waals surface area contributed by atoms with E-state index in [2.05, 4.69) is 21.2 Å². The Morgan fingerprint density at radius 1 is 1.43 bits per heavy atom. The van der Waals surface area contributed by atoms with Gasteiger partial charge in [-0.2, -0.15) is 0 Å². The van der Waals surface area contributed by atoms with E-state index >= 15 is 0 Å². The summed E-state index contributed by atoms with van der Waals surface area (Å²) in [5.74, 6) is 0.483. The zero-order valence-corrected chi connectivity index (χ0v) is 14.2. The Morgan fingerprint density at radius 2 is 2.14 bits per heavy atom. The van der Waals surface area contributed by atoms with Gasteiger partial charge in [0.2, 0.25) is 0 Å². The molecular weight excluding hydrogens is 352 g/mol. The number of aromatic nitrogens is 1. The van der Waals surface area contributed by atoms with Crippen molar-refractivity contribution in [3.05, 3.63) is 48.5 Å². The van der Waals surface area contributed by atoms with Crippen LogP contribution in [0.1, 0.15) is 38.9 Å². The average Bonchev–Trinajstić information content (AvgIpc) is 3.19. The zero-order chi connectivity index (χ0) is 15.1. The number of thiophene rings is 1. The zero-order valence-electron chi connectivity index (χ0n) is 11.8. The molecule has 1 saturated carbocycles. The van der Waals surface area contributed by atoms with Crippen molar-refractivity contribution in [2.75, 3.05) is 5.32 Å². The smallest absolute Gasteiger partial charge is 0.265 e. The normalized spacial score (nSPS) is 14.2. The van der Waals surface area contributed by atoms with Gasteiger partial charge in [0.25, 0.3) is 11.5 Å². The van der Waals surface area contributed by atoms with E-state index in [-0.39, 0.29) is 11.5 Å². The monoisotopic (exact) mass is 366 g/mol. The van der Waals surface area contributed by atoms with Crippen LogP contribution in [0.5, 0.6) is 0 Å². The van der Waals surface area contributed by atoms with E-state index in [1.807, 2.05) is 6.07 Å². The fourth-order valence-electron chi connectivity index (χ4n) is 2.26. The van der Waals surface area contributed by atoms with Crippen molar-refractivity contribution < 1.29 is 4.79 Å². The summed E-state index contributed by atoms with van der Waals surface area (Å²) in [5.41, 5.74) is 1.20. The van der Waals surface area contributed by atoms with Crippen LogP contribution in [0.2, 0.25) is 0 Å². The Labute approximate surface area is 134 Å². The minimum atomic E-state index is -0.134. The molecule has 1 fully saturated rings. The molecule has 1 aliphatic carbocycles. The highest BCUT2D eigenvalue weighted by molar-refractivity contribution is 9.10. The summed E-state index contributed by atoms with van der Waals surface area (Å²) < 4.78 is 2.50. The van der Waals surface area contributed by atoms with Gasteiger partial charge in [0.1, 0.15) is 0 Å². The topological polar surface area (TPSA) is 51.1 Å². The van der Waals surface area contributed by atoms with Gasteiger partial charge < -0.3 is 9.88 Å². The lowest BCUT2D eigenvalue weighted by molar-refractivity contribution is 0.103. The minimum Gasteiger partial charge on any atom is -0.320 e. The van der Waals surface area contributed by atoms with Crippen molar-refractivity contribution in [2.45, 2.75) is 25.7 Å². The van der Waals surface area contributed by atoms with E-state index in [0.717, 1.165) is 4.47 Å². The van der Waals surface area contributed by atoms with Gasteiger partial charge in [0.05, 0.1) is 10.6 Å². The number of halogens is 1. The summed E-state index contributed by atoms with van der Waals surface area (Å²) in [4.78, 5) is 25.9. The van der Waals surface area contributed by atoms with Gasteiger partial charge >= 0.3 is 0 Å². The maximum atomic E-state index is 12.3. The summed E-state index contributed by atoms with van der Waals surface area (Å²) in [6.07, 6.45) is 4.05. The van der Waals surface area contributed by atoms with Crippen LogP contribution in [0, 0.1) is 6.92 Å². The lowest BCUT2D eigenvalue weighted by Gasteiger charge is -2.07. The SMILES string of the molecule is Cc1cc(NC(=O)c2cc(Br)c(C3CC3)s2)cn(C)c1=O. The molecule has 2 heterocycles. The second-order valence-electron chi connectivity index (χ2n) is 5.38.